The molecule has 1 saturated heterocycles. The Balaban J connectivity index is 2.10. The SMILES string of the molecule is CC1CN(C(=O)O)CCN1c1ncc(C#N)cn1. The van der Waals surface area contributed by atoms with Crippen molar-refractivity contribution in [2.75, 3.05) is 24.5 Å². The third-order valence-corrected chi connectivity index (χ3v) is 2.92. The molecule has 1 atom stereocenters. The zero-order valence-electron chi connectivity index (χ0n) is 9.94. The summed E-state index contributed by atoms with van der Waals surface area (Å²) in [5.41, 5.74) is 0.413. The molecule has 0 saturated carbocycles. The van der Waals surface area contributed by atoms with E-state index in [1.807, 2.05) is 17.9 Å². The summed E-state index contributed by atoms with van der Waals surface area (Å²) in [6, 6.07) is 1.98. The molecule has 2 rings (SSSR count). The summed E-state index contributed by atoms with van der Waals surface area (Å²) < 4.78 is 0. The third-order valence-electron chi connectivity index (χ3n) is 2.92. The molecular formula is C11H13N5O2. The number of aromatic nitrogens is 2. The van der Waals surface area contributed by atoms with Crippen LogP contribution in [-0.2, 0) is 0 Å². The van der Waals surface area contributed by atoms with Gasteiger partial charge in [0.2, 0.25) is 5.95 Å². The highest BCUT2D eigenvalue weighted by Gasteiger charge is 2.27. The molecule has 1 aromatic heterocycles. The molecule has 7 nitrogen and oxygen atoms in total. The minimum absolute atomic E-state index is 0.0165. The van der Waals surface area contributed by atoms with Crippen molar-refractivity contribution in [3.63, 3.8) is 0 Å². The van der Waals surface area contributed by atoms with Crippen LogP contribution < -0.4 is 4.90 Å². The monoisotopic (exact) mass is 247 g/mol. The fourth-order valence-electron chi connectivity index (χ4n) is 1.96. The number of nitrogens with zero attached hydrogens (tertiary/aromatic N) is 5. The second-order valence-corrected chi connectivity index (χ2v) is 4.15. The van der Waals surface area contributed by atoms with Gasteiger partial charge < -0.3 is 14.9 Å². The molecule has 1 aliphatic heterocycles. The van der Waals surface area contributed by atoms with Gasteiger partial charge in [0.1, 0.15) is 6.07 Å². The van der Waals surface area contributed by atoms with Crippen molar-refractivity contribution >= 4 is 12.0 Å². The first-order chi connectivity index (χ1) is 8.61. The van der Waals surface area contributed by atoms with Crippen molar-refractivity contribution in [2.45, 2.75) is 13.0 Å². The number of amides is 1. The van der Waals surface area contributed by atoms with Crippen LogP contribution in [0, 0.1) is 11.3 Å². The second-order valence-electron chi connectivity index (χ2n) is 4.15. The zero-order chi connectivity index (χ0) is 13.1. The lowest BCUT2D eigenvalue weighted by Crippen LogP contribution is -2.54. The van der Waals surface area contributed by atoms with Crippen LogP contribution >= 0.6 is 0 Å². The molecule has 7 heteroatoms. The first kappa shape index (κ1) is 12.1. The molecule has 1 unspecified atom stereocenters. The van der Waals surface area contributed by atoms with Gasteiger partial charge in [-0.3, -0.25) is 0 Å². The summed E-state index contributed by atoms with van der Waals surface area (Å²) in [4.78, 5) is 22.4. The quantitative estimate of drug-likeness (QED) is 0.778. The summed E-state index contributed by atoms with van der Waals surface area (Å²) in [6.07, 6.45) is 2.04. The number of anilines is 1. The van der Waals surface area contributed by atoms with Crippen LogP contribution in [0.15, 0.2) is 12.4 Å². The van der Waals surface area contributed by atoms with E-state index < -0.39 is 6.09 Å². The predicted molar refractivity (Wildman–Crippen MR) is 63.2 cm³/mol. The smallest absolute Gasteiger partial charge is 0.407 e. The van der Waals surface area contributed by atoms with Gasteiger partial charge in [-0.1, -0.05) is 0 Å². The summed E-state index contributed by atoms with van der Waals surface area (Å²) in [5, 5.41) is 17.6. The number of hydrogen-bond donors (Lipinski definition) is 1. The van der Waals surface area contributed by atoms with Crippen LogP contribution in [0.3, 0.4) is 0 Å². The highest BCUT2D eigenvalue weighted by atomic mass is 16.4. The fraction of sp³-hybridized carbons (Fsp3) is 0.455. The van der Waals surface area contributed by atoms with Gasteiger partial charge in [0, 0.05) is 25.7 Å². The van der Waals surface area contributed by atoms with Gasteiger partial charge in [0.05, 0.1) is 18.0 Å². The largest absolute Gasteiger partial charge is 0.465 e. The van der Waals surface area contributed by atoms with Gasteiger partial charge in [0.15, 0.2) is 0 Å². The number of rotatable bonds is 1. The lowest BCUT2D eigenvalue weighted by Gasteiger charge is -2.38. The number of hydrogen-bond acceptors (Lipinski definition) is 5. The Labute approximate surface area is 104 Å². The van der Waals surface area contributed by atoms with Crippen molar-refractivity contribution in [1.29, 1.82) is 5.26 Å². The van der Waals surface area contributed by atoms with E-state index in [4.69, 9.17) is 10.4 Å². The highest BCUT2D eigenvalue weighted by Crippen LogP contribution is 2.16. The van der Waals surface area contributed by atoms with E-state index in [0.717, 1.165) is 0 Å². The van der Waals surface area contributed by atoms with Crippen molar-refractivity contribution < 1.29 is 9.90 Å². The lowest BCUT2D eigenvalue weighted by molar-refractivity contribution is 0.136. The molecule has 0 aliphatic carbocycles. The van der Waals surface area contributed by atoms with Crippen molar-refractivity contribution in [1.82, 2.24) is 14.9 Å². The topological polar surface area (TPSA) is 93.4 Å². The number of carbonyl (C=O) groups is 1. The molecule has 0 spiro atoms. The highest BCUT2D eigenvalue weighted by molar-refractivity contribution is 5.65. The summed E-state index contributed by atoms with van der Waals surface area (Å²) >= 11 is 0. The van der Waals surface area contributed by atoms with Crippen molar-refractivity contribution in [3.05, 3.63) is 18.0 Å². The first-order valence-corrected chi connectivity index (χ1v) is 5.58. The van der Waals surface area contributed by atoms with Crippen molar-refractivity contribution in [3.8, 4) is 6.07 Å². The molecular weight excluding hydrogens is 234 g/mol. The van der Waals surface area contributed by atoms with E-state index in [0.29, 0.717) is 31.1 Å². The van der Waals surface area contributed by atoms with Gasteiger partial charge >= 0.3 is 6.09 Å². The summed E-state index contributed by atoms with van der Waals surface area (Å²) in [5.74, 6) is 0.534. The van der Waals surface area contributed by atoms with E-state index in [9.17, 15) is 4.79 Å². The second kappa shape index (κ2) is 4.87. The molecule has 1 N–H and O–H groups in total. The molecule has 18 heavy (non-hydrogen) atoms. The Bertz CT molecular complexity index is 481. The standard InChI is InChI=1S/C11H13N5O2/c1-8-7-15(11(17)18)2-3-16(8)10-13-5-9(4-12)6-14-10/h5-6,8H,2-3,7H2,1H3,(H,17,18). The predicted octanol–water partition coefficient (Wildman–Crippen LogP) is 0.537. The van der Waals surface area contributed by atoms with E-state index in [-0.39, 0.29) is 6.04 Å². The lowest BCUT2D eigenvalue weighted by atomic mass is 10.2. The molecule has 94 valence electrons. The maximum absolute atomic E-state index is 10.9. The van der Waals surface area contributed by atoms with Gasteiger partial charge in [-0.15, -0.1) is 0 Å². The average molecular weight is 247 g/mol. The Morgan fingerprint density at radius 2 is 2.17 bits per heavy atom. The zero-order valence-corrected chi connectivity index (χ0v) is 9.94. The Hall–Kier alpha value is -2.36. The normalized spacial score (nSPS) is 19.4. The van der Waals surface area contributed by atoms with E-state index in [2.05, 4.69) is 9.97 Å². The van der Waals surface area contributed by atoms with Crippen LogP contribution in [0.25, 0.3) is 0 Å². The fourth-order valence-corrected chi connectivity index (χ4v) is 1.96. The summed E-state index contributed by atoms with van der Waals surface area (Å²) in [7, 11) is 0. The maximum atomic E-state index is 10.9. The summed E-state index contributed by atoms with van der Waals surface area (Å²) in [6.45, 7) is 3.35. The molecule has 0 bridgehead atoms. The first-order valence-electron chi connectivity index (χ1n) is 5.58. The van der Waals surface area contributed by atoms with E-state index in [1.165, 1.54) is 17.3 Å². The van der Waals surface area contributed by atoms with Gasteiger partial charge in [-0.2, -0.15) is 5.26 Å². The van der Waals surface area contributed by atoms with Crippen molar-refractivity contribution in [2.24, 2.45) is 0 Å². The Morgan fingerprint density at radius 1 is 1.50 bits per heavy atom. The average Bonchev–Trinajstić information content (AvgIpc) is 2.38. The molecule has 1 fully saturated rings. The van der Waals surface area contributed by atoms with E-state index in [1.54, 1.807) is 0 Å². The molecule has 1 amide bonds. The van der Waals surface area contributed by atoms with Crippen LogP contribution in [0.2, 0.25) is 0 Å². The van der Waals surface area contributed by atoms with Gasteiger partial charge in [-0.05, 0) is 6.92 Å². The minimum atomic E-state index is -0.901. The number of nitriles is 1. The number of piperazine rings is 1. The Kier molecular flexibility index (Phi) is 3.28. The van der Waals surface area contributed by atoms with E-state index >= 15 is 0 Å². The minimum Gasteiger partial charge on any atom is -0.465 e. The third kappa shape index (κ3) is 2.32. The van der Waals surface area contributed by atoms with Crippen LogP contribution in [0.4, 0.5) is 10.7 Å². The Morgan fingerprint density at radius 3 is 2.67 bits per heavy atom. The molecule has 0 radical (unpaired) electrons. The van der Waals surface area contributed by atoms with Gasteiger partial charge in [0.25, 0.3) is 0 Å². The molecule has 2 heterocycles. The molecule has 1 aromatic rings. The number of carboxylic acid groups (broad SMARTS) is 1. The van der Waals surface area contributed by atoms with Crippen LogP contribution in [0.5, 0.6) is 0 Å². The maximum Gasteiger partial charge on any atom is 0.407 e. The van der Waals surface area contributed by atoms with Crippen LogP contribution in [-0.4, -0.2) is 51.7 Å². The molecule has 0 aromatic carbocycles. The van der Waals surface area contributed by atoms with Crippen LogP contribution in [0.1, 0.15) is 12.5 Å². The van der Waals surface area contributed by atoms with Gasteiger partial charge in [-0.25, -0.2) is 14.8 Å². The molecule has 1 aliphatic rings.